The topological polar surface area (TPSA) is 52.6 Å². The van der Waals surface area contributed by atoms with Gasteiger partial charge < -0.3 is 10.4 Å². The van der Waals surface area contributed by atoms with Crippen LogP contribution < -0.4 is 5.32 Å². The predicted molar refractivity (Wildman–Crippen MR) is 64.5 cm³/mol. The van der Waals surface area contributed by atoms with Crippen LogP contribution in [0.15, 0.2) is 0 Å². The number of hydrogen-bond donors (Lipinski definition) is 2. The van der Waals surface area contributed by atoms with Gasteiger partial charge in [-0.1, -0.05) is 0 Å². The summed E-state index contributed by atoms with van der Waals surface area (Å²) in [4.78, 5) is 13.4. The fourth-order valence-corrected chi connectivity index (χ4v) is 2.77. The van der Waals surface area contributed by atoms with Crippen LogP contribution in [-0.2, 0) is 4.79 Å². The molecule has 0 unspecified atom stereocenters. The Hall–Kier alpha value is -0.610. The Morgan fingerprint density at radius 3 is 2.25 bits per heavy atom. The van der Waals surface area contributed by atoms with Crippen molar-refractivity contribution in [2.75, 3.05) is 13.1 Å². The lowest BCUT2D eigenvalue weighted by molar-refractivity contribution is -0.143. The molecule has 0 aliphatic carbocycles. The van der Waals surface area contributed by atoms with Crippen molar-refractivity contribution in [1.82, 2.24) is 10.2 Å². The number of aliphatic carboxylic acids is 1. The second kappa shape index (κ2) is 5.64. The van der Waals surface area contributed by atoms with Gasteiger partial charge in [-0.3, -0.25) is 9.69 Å². The largest absolute Gasteiger partial charge is 0.481 e. The van der Waals surface area contributed by atoms with Gasteiger partial charge in [0.1, 0.15) is 0 Å². The second-order valence-electron chi connectivity index (χ2n) is 5.22. The van der Waals surface area contributed by atoms with E-state index in [1.54, 1.807) is 0 Å². The molecule has 94 valence electrons. The van der Waals surface area contributed by atoms with E-state index in [4.69, 9.17) is 5.11 Å². The number of carboxylic acid groups (broad SMARTS) is 1. The Morgan fingerprint density at radius 2 is 1.81 bits per heavy atom. The summed E-state index contributed by atoms with van der Waals surface area (Å²) in [5, 5.41) is 12.3. The summed E-state index contributed by atoms with van der Waals surface area (Å²) in [6.45, 7) is 10.2. The van der Waals surface area contributed by atoms with E-state index in [-0.39, 0.29) is 5.92 Å². The first-order chi connectivity index (χ1) is 7.43. The number of nitrogens with one attached hydrogen (secondary N) is 1. The van der Waals surface area contributed by atoms with E-state index in [9.17, 15) is 4.79 Å². The predicted octanol–water partition coefficient (Wildman–Crippen LogP) is 1.17. The van der Waals surface area contributed by atoms with E-state index in [1.165, 1.54) is 0 Å². The van der Waals surface area contributed by atoms with Gasteiger partial charge in [0.05, 0.1) is 5.92 Å². The average Bonchev–Trinajstić information content (AvgIpc) is 2.16. The molecule has 16 heavy (non-hydrogen) atoms. The summed E-state index contributed by atoms with van der Waals surface area (Å²) >= 11 is 0. The van der Waals surface area contributed by atoms with Crippen LogP contribution in [0.2, 0.25) is 0 Å². The standard InChI is InChI=1S/C12H24N2O2/c1-8(2)14(9(3)4)11-5-10(12(15)16)6-13-7-11/h8-11,13H,5-7H2,1-4H3,(H,15,16)/t10-,11+/m0/s1. The van der Waals surface area contributed by atoms with Crippen LogP contribution >= 0.6 is 0 Å². The van der Waals surface area contributed by atoms with E-state index in [0.29, 0.717) is 24.7 Å². The normalized spacial score (nSPS) is 26.7. The highest BCUT2D eigenvalue weighted by atomic mass is 16.4. The molecule has 1 fully saturated rings. The van der Waals surface area contributed by atoms with Crippen molar-refractivity contribution in [3.8, 4) is 0 Å². The minimum atomic E-state index is -0.676. The molecule has 1 heterocycles. The third-order valence-corrected chi connectivity index (χ3v) is 3.29. The number of carbonyl (C=O) groups is 1. The molecule has 0 amide bonds. The van der Waals surface area contributed by atoms with E-state index in [1.807, 2.05) is 0 Å². The van der Waals surface area contributed by atoms with Crippen LogP contribution in [0.5, 0.6) is 0 Å². The number of piperidine rings is 1. The molecule has 0 spiro atoms. The Morgan fingerprint density at radius 1 is 1.25 bits per heavy atom. The van der Waals surface area contributed by atoms with Crippen LogP contribution in [0, 0.1) is 5.92 Å². The monoisotopic (exact) mass is 228 g/mol. The highest BCUT2D eigenvalue weighted by Gasteiger charge is 2.32. The molecule has 0 aromatic carbocycles. The van der Waals surface area contributed by atoms with Crippen molar-refractivity contribution >= 4 is 5.97 Å². The fraction of sp³-hybridized carbons (Fsp3) is 0.917. The third-order valence-electron chi connectivity index (χ3n) is 3.29. The quantitative estimate of drug-likeness (QED) is 0.758. The lowest BCUT2D eigenvalue weighted by atomic mass is 9.93. The van der Waals surface area contributed by atoms with Crippen LogP contribution in [-0.4, -0.2) is 47.2 Å². The van der Waals surface area contributed by atoms with Crippen molar-refractivity contribution in [3.05, 3.63) is 0 Å². The van der Waals surface area contributed by atoms with Crippen LogP contribution in [0.1, 0.15) is 34.1 Å². The maximum atomic E-state index is 11.0. The van der Waals surface area contributed by atoms with E-state index >= 15 is 0 Å². The van der Waals surface area contributed by atoms with Gasteiger partial charge in [0, 0.05) is 31.2 Å². The smallest absolute Gasteiger partial charge is 0.307 e. The van der Waals surface area contributed by atoms with Gasteiger partial charge in [0.15, 0.2) is 0 Å². The summed E-state index contributed by atoms with van der Waals surface area (Å²) in [6.07, 6.45) is 0.763. The van der Waals surface area contributed by atoms with E-state index in [2.05, 4.69) is 37.9 Å². The Kier molecular flexibility index (Phi) is 4.74. The molecule has 2 N–H and O–H groups in total. The van der Waals surface area contributed by atoms with Gasteiger partial charge in [-0.25, -0.2) is 0 Å². The van der Waals surface area contributed by atoms with Gasteiger partial charge in [-0.2, -0.15) is 0 Å². The Bertz CT molecular complexity index is 233. The molecule has 1 aliphatic rings. The minimum Gasteiger partial charge on any atom is -0.481 e. The molecule has 0 saturated carbocycles. The average molecular weight is 228 g/mol. The summed E-state index contributed by atoms with van der Waals surface area (Å²) in [7, 11) is 0. The molecule has 1 aliphatic heterocycles. The van der Waals surface area contributed by atoms with Gasteiger partial charge in [-0.15, -0.1) is 0 Å². The SMILES string of the molecule is CC(C)N(C(C)C)[C@H]1CNC[C@@H](C(=O)O)C1. The molecule has 2 atom stereocenters. The Balaban J connectivity index is 2.67. The number of rotatable bonds is 4. The number of hydrogen-bond acceptors (Lipinski definition) is 3. The molecule has 0 aromatic rings. The lowest BCUT2D eigenvalue weighted by Crippen LogP contribution is -2.54. The lowest BCUT2D eigenvalue weighted by Gasteiger charge is -2.41. The van der Waals surface area contributed by atoms with Crippen molar-refractivity contribution in [3.63, 3.8) is 0 Å². The number of carboxylic acids is 1. The van der Waals surface area contributed by atoms with Gasteiger partial charge in [-0.05, 0) is 34.1 Å². The first-order valence-electron chi connectivity index (χ1n) is 6.14. The van der Waals surface area contributed by atoms with Crippen molar-refractivity contribution in [2.45, 2.75) is 52.2 Å². The van der Waals surface area contributed by atoms with Gasteiger partial charge in [0.2, 0.25) is 0 Å². The molecule has 4 heteroatoms. The maximum absolute atomic E-state index is 11.0. The zero-order valence-electron chi connectivity index (χ0n) is 10.7. The molecule has 0 radical (unpaired) electrons. The van der Waals surface area contributed by atoms with Gasteiger partial charge in [0.25, 0.3) is 0 Å². The molecule has 0 bridgehead atoms. The van der Waals surface area contributed by atoms with Gasteiger partial charge >= 0.3 is 5.97 Å². The highest BCUT2D eigenvalue weighted by molar-refractivity contribution is 5.70. The zero-order chi connectivity index (χ0) is 12.3. The number of nitrogens with zero attached hydrogens (tertiary/aromatic N) is 1. The molecular formula is C12H24N2O2. The van der Waals surface area contributed by atoms with E-state index < -0.39 is 5.97 Å². The summed E-state index contributed by atoms with van der Waals surface area (Å²) < 4.78 is 0. The fourth-order valence-electron chi connectivity index (χ4n) is 2.77. The Labute approximate surface area is 98.0 Å². The van der Waals surface area contributed by atoms with Crippen LogP contribution in [0.4, 0.5) is 0 Å². The third kappa shape index (κ3) is 3.19. The first kappa shape index (κ1) is 13.5. The maximum Gasteiger partial charge on any atom is 0.307 e. The summed E-state index contributed by atoms with van der Waals surface area (Å²) in [5.41, 5.74) is 0. The minimum absolute atomic E-state index is 0.237. The van der Waals surface area contributed by atoms with Crippen molar-refractivity contribution < 1.29 is 9.90 Å². The molecule has 1 saturated heterocycles. The molecule has 0 aromatic heterocycles. The highest BCUT2D eigenvalue weighted by Crippen LogP contribution is 2.20. The van der Waals surface area contributed by atoms with E-state index in [0.717, 1.165) is 13.0 Å². The first-order valence-corrected chi connectivity index (χ1v) is 6.14. The molecule has 1 rings (SSSR count). The molecular weight excluding hydrogens is 204 g/mol. The summed E-state index contributed by atoms with van der Waals surface area (Å²) in [5.74, 6) is -0.914. The molecule has 4 nitrogen and oxygen atoms in total. The second-order valence-corrected chi connectivity index (χ2v) is 5.22. The van der Waals surface area contributed by atoms with Crippen LogP contribution in [0.3, 0.4) is 0 Å². The van der Waals surface area contributed by atoms with Crippen molar-refractivity contribution in [1.29, 1.82) is 0 Å². The zero-order valence-corrected chi connectivity index (χ0v) is 10.7. The van der Waals surface area contributed by atoms with Crippen molar-refractivity contribution in [2.24, 2.45) is 5.92 Å². The summed E-state index contributed by atoms with van der Waals surface area (Å²) in [6, 6.07) is 1.26. The van der Waals surface area contributed by atoms with Crippen LogP contribution in [0.25, 0.3) is 0 Å².